The van der Waals surface area contributed by atoms with Gasteiger partial charge in [0.1, 0.15) is 0 Å². The minimum atomic E-state index is -0.102. The summed E-state index contributed by atoms with van der Waals surface area (Å²) >= 11 is 0. The van der Waals surface area contributed by atoms with Crippen LogP contribution < -0.4 is 5.32 Å². The molecule has 0 aromatic rings. The molecule has 5 nitrogen and oxygen atoms in total. The summed E-state index contributed by atoms with van der Waals surface area (Å²) in [6.07, 6.45) is 5.19. The summed E-state index contributed by atoms with van der Waals surface area (Å²) in [6, 6.07) is -0.0300. The number of nitrogens with zero attached hydrogens (tertiary/aromatic N) is 1. The van der Waals surface area contributed by atoms with Crippen molar-refractivity contribution in [1.29, 1.82) is 0 Å². The molecule has 0 aliphatic carbocycles. The number of aliphatic hydroxyl groups excluding tert-OH is 1. The average molecular weight is 254 g/mol. The van der Waals surface area contributed by atoms with Crippen LogP contribution >= 0.6 is 0 Å². The highest BCUT2D eigenvalue weighted by Crippen LogP contribution is 2.21. The fourth-order valence-corrected chi connectivity index (χ4v) is 2.84. The lowest BCUT2D eigenvalue weighted by Crippen LogP contribution is -2.49. The predicted octanol–water partition coefficient (Wildman–Crippen LogP) is 0.276. The molecule has 0 bridgehead atoms. The van der Waals surface area contributed by atoms with E-state index >= 15 is 0 Å². The molecule has 0 saturated carbocycles. The zero-order chi connectivity index (χ0) is 13.0. The molecule has 2 atom stereocenters. The van der Waals surface area contributed by atoms with Gasteiger partial charge in [-0.05, 0) is 19.3 Å². The molecule has 2 fully saturated rings. The standard InChI is InChI=1S/C13H22N2O3/c16-9-11-4-2-1-3-7-15(11)13(18)10-5-6-12(17)14-8-10/h10-11,16H,1-9H2,(H,14,17). The lowest BCUT2D eigenvalue weighted by molar-refractivity contribution is -0.140. The molecule has 0 spiro atoms. The first-order valence-electron chi connectivity index (χ1n) is 6.90. The van der Waals surface area contributed by atoms with Gasteiger partial charge in [0, 0.05) is 19.5 Å². The van der Waals surface area contributed by atoms with Gasteiger partial charge in [0.05, 0.1) is 18.6 Å². The fourth-order valence-electron chi connectivity index (χ4n) is 2.84. The Morgan fingerprint density at radius 3 is 2.83 bits per heavy atom. The molecular formula is C13H22N2O3. The maximum absolute atomic E-state index is 12.4. The second-order valence-corrected chi connectivity index (χ2v) is 5.26. The fraction of sp³-hybridized carbons (Fsp3) is 0.846. The molecule has 2 amide bonds. The topological polar surface area (TPSA) is 69.6 Å². The van der Waals surface area contributed by atoms with Crippen molar-refractivity contribution in [2.45, 2.75) is 44.6 Å². The van der Waals surface area contributed by atoms with Gasteiger partial charge in [0.15, 0.2) is 0 Å². The van der Waals surface area contributed by atoms with Gasteiger partial charge in [-0.3, -0.25) is 9.59 Å². The van der Waals surface area contributed by atoms with Gasteiger partial charge in [-0.1, -0.05) is 12.8 Å². The van der Waals surface area contributed by atoms with Crippen LogP contribution in [-0.4, -0.2) is 47.6 Å². The number of hydrogen-bond donors (Lipinski definition) is 2. The molecule has 5 heteroatoms. The highest BCUT2D eigenvalue weighted by Gasteiger charge is 2.32. The lowest BCUT2D eigenvalue weighted by atomic mass is 9.96. The molecule has 18 heavy (non-hydrogen) atoms. The van der Waals surface area contributed by atoms with Crippen LogP contribution in [0.5, 0.6) is 0 Å². The Kier molecular flexibility index (Phi) is 4.58. The van der Waals surface area contributed by atoms with E-state index in [1.807, 2.05) is 4.90 Å². The Labute approximate surface area is 108 Å². The number of piperidine rings is 1. The molecule has 2 rings (SSSR count). The molecule has 102 valence electrons. The van der Waals surface area contributed by atoms with Gasteiger partial charge in [-0.25, -0.2) is 0 Å². The minimum Gasteiger partial charge on any atom is -0.394 e. The number of aliphatic hydroxyl groups is 1. The minimum absolute atomic E-state index is 0.0300. The second-order valence-electron chi connectivity index (χ2n) is 5.26. The smallest absolute Gasteiger partial charge is 0.227 e. The number of hydrogen-bond acceptors (Lipinski definition) is 3. The van der Waals surface area contributed by atoms with Crippen molar-refractivity contribution < 1.29 is 14.7 Å². The number of carbonyl (C=O) groups excluding carboxylic acids is 2. The molecule has 2 unspecified atom stereocenters. The third-order valence-corrected chi connectivity index (χ3v) is 3.99. The number of rotatable bonds is 2. The van der Waals surface area contributed by atoms with Crippen LogP contribution in [0.25, 0.3) is 0 Å². The second kappa shape index (κ2) is 6.18. The van der Waals surface area contributed by atoms with Crippen LogP contribution in [0.1, 0.15) is 38.5 Å². The van der Waals surface area contributed by atoms with E-state index in [0.717, 1.165) is 32.2 Å². The Morgan fingerprint density at radius 2 is 2.17 bits per heavy atom. The molecule has 0 radical (unpaired) electrons. The van der Waals surface area contributed by atoms with Crippen LogP contribution in [0.3, 0.4) is 0 Å². The van der Waals surface area contributed by atoms with Crippen LogP contribution in [0.4, 0.5) is 0 Å². The van der Waals surface area contributed by atoms with E-state index in [0.29, 0.717) is 19.4 Å². The number of carbonyl (C=O) groups is 2. The van der Waals surface area contributed by atoms with Crippen molar-refractivity contribution in [3.8, 4) is 0 Å². The third kappa shape index (κ3) is 3.02. The largest absolute Gasteiger partial charge is 0.394 e. The van der Waals surface area contributed by atoms with Crippen LogP contribution in [0, 0.1) is 5.92 Å². The van der Waals surface area contributed by atoms with Gasteiger partial charge in [0.25, 0.3) is 0 Å². The van der Waals surface area contributed by atoms with Crippen molar-refractivity contribution >= 4 is 11.8 Å². The van der Waals surface area contributed by atoms with Gasteiger partial charge in [-0.2, -0.15) is 0 Å². The summed E-state index contributed by atoms with van der Waals surface area (Å²) in [5.74, 6) is 0.0411. The van der Waals surface area contributed by atoms with E-state index < -0.39 is 0 Å². The Morgan fingerprint density at radius 1 is 1.33 bits per heavy atom. The van der Waals surface area contributed by atoms with Gasteiger partial charge < -0.3 is 15.3 Å². The Hall–Kier alpha value is -1.10. The van der Waals surface area contributed by atoms with Crippen LogP contribution in [-0.2, 0) is 9.59 Å². The molecule has 2 heterocycles. The van der Waals surface area contributed by atoms with E-state index in [9.17, 15) is 14.7 Å². The van der Waals surface area contributed by atoms with Crippen molar-refractivity contribution in [2.75, 3.05) is 19.7 Å². The first kappa shape index (κ1) is 13.3. The third-order valence-electron chi connectivity index (χ3n) is 3.99. The van der Waals surface area contributed by atoms with Gasteiger partial charge in [-0.15, -0.1) is 0 Å². The van der Waals surface area contributed by atoms with E-state index in [2.05, 4.69) is 5.32 Å². The summed E-state index contributed by atoms with van der Waals surface area (Å²) in [5.41, 5.74) is 0. The van der Waals surface area contributed by atoms with E-state index in [1.165, 1.54) is 0 Å². The summed E-state index contributed by atoms with van der Waals surface area (Å²) in [5, 5.41) is 12.2. The highest BCUT2D eigenvalue weighted by molar-refractivity contribution is 5.84. The molecule has 0 aromatic heterocycles. The Balaban J connectivity index is 1.98. The van der Waals surface area contributed by atoms with Crippen molar-refractivity contribution in [3.63, 3.8) is 0 Å². The zero-order valence-corrected chi connectivity index (χ0v) is 10.7. The van der Waals surface area contributed by atoms with E-state index in [1.54, 1.807) is 0 Å². The molecule has 2 saturated heterocycles. The summed E-state index contributed by atoms with van der Waals surface area (Å²) in [6.45, 7) is 1.24. The highest BCUT2D eigenvalue weighted by atomic mass is 16.3. The molecule has 0 aromatic carbocycles. The molecule has 2 aliphatic heterocycles. The monoisotopic (exact) mass is 254 g/mol. The number of amides is 2. The van der Waals surface area contributed by atoms with E-state index in [-0.39, 0.29) is 30.4 Å². The maximum atomic E-state index is 12.4. The predicted molar refractivity (Wildman–Crippen MR) is 66.8 cm³/mol. The SMILES string of the molecule is O=C1CCC(C(=O)N2CCCCCC2CO)CN1. The van der Waals surface area contributed by atoms with Gasteiger partial charge in [0.2, 0.25) is 11.8 Å². The average Bonchev–Trinajstić information content (AvgIpc) is 2.63. The quantitative estimate of drug-likeness (QED) is 0.743. The number of nitrogens with one attached hydrogen (secondary N) is 1. The summed E-state index contributed by atoms with van der Waals surface area (Å²) in [7, 11) is 0. The molecule has 2 N–H and O–H groups in total. The van der Waals surface area contributed by atoms with Crippen molar-refractivity contribution in [1.82, 2.24) is 10.2 Å². The summed E-state index contributed by atoms with van der Waals surface area (Å²) in [4.78, 5) is 25.4. The zero-order valence-electron chi connectivity index (χ0n) is 10.7. The maximum Gasteiger partial charge on any atom is 0.227 e. The van der Waals surface area contributed by atoms with Gasteiger partial charge >= 0.3 is 0 Å². The van der Waals surface area contributed by atoms with Crippen molar-refractivity contribution in [3.05, 3.63) is 0 Å². The number of likely N-dealkylation sites (tertiary alicyclic amines) is 1. The molecular weight excluding hydrogens is 232 g/mol. The van der Waals surface area contributed by atoms with Crippen LogP contribution in [0.2, 0.25) is 0 Å². The van der Waals surface area contributed by atoms with E-state index in [4.69, 9.17) is 0 Å². The summed E-state index contributed by atoms with van der Waals surface area (Å²) < 4.78 is 0. The van der Waals surface area contributed by atoms with Crippen molar-refractivity contribution in [2.24, 2.45) is 5.92 Å². The first-order chi connectivity index (χ1) is 8.72. The normalized spacial score (nSPS) is 29.6. The van der Waals surface area contributed by atoms with Crippen LogP contribution in [0.15, 0.2) is 0 Å². The Bertz CT molecular complexity index is 309. The molecule has 2 aliphatic rings. The first-order valence-corrected chi connectivity index (χ1v) is 6.90. The lowest BCUT2D eigenvalue weighted by Gasteiger charge is -2.33.